The van der Waals surface area contributed by atoms with Crippen LogP contribution in [0.1, 0.15) is 0 Å². The maximum Gasteiger partial charge on any atom is 0.168 e. The first-order chi connectivity index (χ1) is 7.72. The molecule has 0 bridgehead atoms. The van der Waals surface area contributed by atoms with Gasteiger partial charge in [-0.05, 0) is 28.1 Å². The minimum absolute atomic E-state index is 0.657. The number of hydrogen-bond donors (Lipinski definition) is 0. The van der Waals surface area contributed by atoms with Gasteiger partial charge < -0.3 is 14.0 Å². The molecule has 1 aromatic heterocycles. The first kappa shape index (κ1) is 11.0. The quantitative estimate of drug-likeness (QED) is 0.868. The number of hydrogen-bond acceptors (Lipinski definition) is 4. The van der Waals surface area contributed by atoms with Crippen LogP contribution in [0.15, 0.2) is 33.4 Å². The lowest BCUT2D eigenvalue weighted by molar-refractivity contribution is 0.393. The van der Waals surface area contributed by atoms with Crippen LogP contribution in [0.25, 0.3) is 11.3 Å². The number of aromatic nitrogens is 1. The highest BCUT2D eigenvalue weighted by Gasteiger charge is 2.08. The van der Waals surface area contributed by atoms with Crippen LogP contribution in [0.5, 0.6) is 11.5 Å². The van der Waals surface area contributed by atoms with Gasteiger partial charge >= 0.3 is 0 Å². The first-order valence-corrected chi connectivity index (χ1v) is 5.38. The number of benzene rings is 1. The standard InChI is InChI=1S/C11H10BrNO3/c1-14-8-3-7(4-9(5-8)15-2)10-6-11(12)13-16-10/h3-6H,1-2H3. The highest BCUT2D eigenvalue weighted by molar-refractivity contribution is 9.10. The molecule has 0 spiro atoms. The number of methoxy groups -OCH3 is 2. The molecule has 0 saturated carbocycles. The Kier molecular flexibility index (Phi) is 3.14. The highest BCUT2D eigenvalue weighted by Crippen LogP contribution is 2.30. The van der Waals surface area contributed by atoms with E-state index >= 15 is 0 Å². The number of nitrogens with zero attached hydrogens (tertiary/aromatic N) is 1. The fourth-order valence-corrected chi connectivity index (χ4v) is 1.62. The van der Waals surface area contributed by atoms with Crippen LogP contribution in [0.4, 0.5) is 0 Å². The van der Waals surface area contributed by atoms with Crippen LogP contribution in [-0.4, -0.2) is 19.4 Å². The molecule has 0 saturated heterocycles. The van der Waals surface area contributed by atoms with Crippen molar-refractivity contribution < 1.29 is 14.0 Å². The summed E-state index contributed by atoms with van der Waals surface area (Å²) >= 11 is 3.23. The summed E-state index contributed by atoms with van der Waals surface area (Å²) in [4.78, 5) is 0. The first-order valence-electron chi connectivity index (χ1n) is 4.58. The van der Waals surface area contributed by atoms with Gasteiger partial charge in [0.05, 0.1) is 14.2 Å². The molecule has 16 heavy (non-hydrogen) atoms. The van der Waals surface area contributed by atoms with Gasteiger partial charge in [0.2, 0.25) is 0 Å². The van der Waals surface area contributed by atoms with Gasteiger partial charge in [-0.1, -0.05) is 5.16 Å². The molecule has 0 unspecified atom stereocenters. The number of halogens is 1. The van der Waals surface area contributed by atoms with Gasteiger partial charge in [-0.3, -0.25) is 0 Å². The van der Waals surface area contributed by atoms with Crippen LogP contribution < -0.4 is 9.47 Å². The Morgan fingerprint density at radius 2 is 1.69 bits per heavy atom. The largest absolute Gasteiger partial charge is 0.497 e. The van der Waals surface area contributed by atoms with Crippen molar-refractivity contribution in [1.82, 2.24) is 5.16 Å². The normalized spacial score (nSPS) is 10.2. The Bertz CT molecular complexity index is 473. The minimum atomic E-state index is 0.657. The summed E-state index contributed by atoms with van der Waals surface area (Å²) in [6.45, 7) is 0. The molecular weight excluding hydrogens is 274 g/mol. The molecule has 1 heterocycles. The summed E-state index contributed by atoms with van der Waals surface area (Å²) in [5.41, 5.74) is 0.856. The van der Waals surface area contributed by atoms with E-state index in [0.717, 1.165) is 5.56 Å². The summed E-state index contributed by atoms with van der Waals surface area (Å²) in [5, 5.41) is 3.76. The zero-order valence-corrected chi connectivity index (χ0v) is 10.4. The van der Waals surface area contributed by atoms with Crippen molar-refractivity contribution >= 4 is 15.9 Å². The fraction of sp³-hybridized carbons (Fsp3) is 0.182. The predicted octanol–water partition coefficient (Wildman–Crippen LogP) is 3.12. The lowest BCUT2D eigenvalue weighted by Crippen LogP contribution is -1.88. The topological polar surface area (TPSA) is 44.5 Å². The molecule has 0 atom stereocenters. The Morgan fingerprint density at radius 1 is 1.06 bits per heavy atom. The molecule has 0 aliphatic heterocycles. The summed E-state index contributed by atoms with van der Waals surface area (Å²) in [6.07, 6.45) is 0. The van der Waals surface area contributed by atoms with Gasteiger partial charge in [0, 0.05) is 17.7 Å². The Hall–Kier alpha value is -1.49. The second-order valence-electron chi connectivity index (χ2n) is 3.12. The molecule has 0 amide bonds. The number of rotatable bonds is 3. The molecule has 1 aromatic carbocycles. The third-order valence-electron chi connectivity index (χ3n) is 2.12. The molecule has 0 aliphatic carbocycles. The Morgan fingerprint density at radius 3 is 2.12 bits per heavy atom. The van der Waals surface area contributed by atoms with E-state index < -0.39 is 0 Å². The average Bonchev–Trinajstić information content (AvgIpc) is 2.75. The predicted molar refractivity (Wildman–Crippen MR) is 62.7 cm³/mol. The van der Waals surface area contributed by atoms with Crippen molar-refractivity contribution in [2.24, 2.45) is 0 Å². The summed E-state index contributed by atoms with van der Waals surface area (Å²) < 4.78 is 16.1. The lowest BCUT2D eigenvalue weighted by Gasteiger charge is -2.05. The molecule has 0 fully saturated rings. The van der Waals surface area contributed by atoms with E-state index in [1.54, 1.807) is 26.4 Å². The van der Waals surface area contributed by atoms with Crippen molar-refractivity contribution in [2.45, 2.75) is 0 Å². The fourth-order valence-electron chi connectivity index (χ4n) is 1.34. The second-order valence-corrected chi connectivity index (χ2v) is 3.93. The van der Waals surface area contributed by atoms with Crippen LogP contribution in [0.3, 0.4) is 0 Å². The van der Waals surface area contributed by atoms with Gasteiger partial charge in [-0.25, -0.2) is 0 Å². The Labute approximate surface area is 101 Å². The van der Waals surface area contributed by atoms with Crippen LogP contribution in [0.2, 0.25) is 0 Å². The zero-order chi connectivity index (χ0) is 11.5. The molecule has 0 radical (unpaired) electrons. The molecule has 4 nitrogen and oxygen atoms in total. The van der Waals surface area contributed by atoms with Crippen LogP contribution in [0, 0.1) is 0 Å². The van der Waals surface area contributed by atoms with E-state index in [1.165, 1.54) is 0 Å². The monoisotopic (exact) mass is 283 g/mol. The van der Waals surface area contributed by atoms with Crippen molar-refractivity contribution in [1.29, 1.82) is 0 Å². The number of ether oxygens (including phenoxy) is 2. The van der Waals surface area contributed by atoms with E-state index in [2.05, 4.69) is 21.1 Å². The molecule has 0 aliphatic rings. The lowest BCUT2D eigenvalue weighted by atomic mass is 10.1. The van der Waals surface area contributed by atoms with Gasteiger partial charge in [0.15, 0.2) is 5.76 Å². The second kappa shape index (κ2) is 4.57. The molecular formula is C11H10BrNO3. The molecule has 2 aromatic rings. The van der Waals surface area contributed by atoms with Crippen molar-refractivity contribution in [2.75, 3.05) is 14.2 Å². The maximum absolute atomic E-state index is 5.17. The zero-order valence-electron chi connectivity index (χ0n) is 8.86. The summed E-state index contributed by atoms with van der Waals surface area (Å²) in [7, 11) is 3.21. The van der Waals surface area contributed by atoms with Crippen LogP contribution >= 0.6 is 15.9 Å². The Balaban J connectivity index is 2.47. The molecule has 5 heteroatoms. The van der Waals surface area contributed by atoms with Gasteiger partial charge in [0.25, 0.3) is 0 Å². The van der Waals surface area contributed by atoms with E-state index in [-0.39, 0.29) is 0 Å². The van der Waals surface area contributed by atoms with Crippen molar-refractivity contribution in [3.8, 4) is 22.8 Å². The highest BCUT2D eigenvalue weighted by atomic mass is 79.9. The minimum Gasteiger partial charge on any atom is -0.497 e. The average molecular weight is 284 g/mol. The smallest absolute Gasteiger partial charge is 0.168 e. The maximum atomic E-state index is 5.17. The third-order valence-corrected chi connectivity index (χ3v) is 2.49. The third kappa shape index (κ3) is 2.19. The van der Waals surface area contributed by atoms with Gasteiger partial charge in [-0.2, -0.15) is 0 Å². The molecule has 84 valence electrons. The van der Waals surface area contributed by atoms with E-state index in [1.807, 2.05) is 12.1 Å². The van der Waals surface area contributed by atoms with Gasteiger partial charge in [0.1, 0.15) is 16.1 Å². The van der Waals surface area contributed by atoms with Crippen molar-refractivity contribution in [3.63, 3.8) is 0 Å². The molecule has 2 rings (SSSR count). The van der Waals surface area contributed by atoms with E-state index in [4.69, 9.17) is 14.0 Å². The van der Waals surface area contributed by atoms with E-state index in [0.29, 0.717) is 21.9 Å². The van der Waals surface area contributed by atoms with Crippen LogP contribution in [-0.2, 0) is 0 Å². The van der Waals surface area contributed by atoms with Gasteiger partial charge in [-0.15, -0.1) is 0 Å². The SMILES string of the molecule is COc1cc(OC)cc(-c2cc(Br)no2)c1. The summed E-state index contributed by atoms with van der Waals surface area (Å²) in [6, 6.07) is 7.30. The van der Waals surface area contributed by atoms with E-state index in [9.17, 15) is 0 Å². The molecule has 0 N–H and O–H groups in total. The summed E-state index contributed by atoms with van der Waals surface area (Å²) in [5.74, 6) is 2.08. The van der Waals surface area contributed by atoms with Crippen molar-refractivity contribution in [3.05, 3.63) is 28.9 Å².